The standard InChI is InChI=1S/C20H22Cl2N2O2/c21-18-7-6-16(10-19(18)22)11-20(25)23-12-17-14-24(8-9-26-17)13-15-4-2-1-3-5-15/h1-7,10,17H,8-9,11-14H2,(H,23,25)/t17-/m1/s1. The number of ether oxygens (including phenoxy) is 1. The molecule has 2 aromatic carbocycles. The number of benzene rings is 2. The number of amides is 1. The Morgan fingerprint density at radius 3 is 2.69 bits per heavy atom. The third-order valence-electron chi connectivity index (χ3n) is 4.35. The Morgan fingerprint density at radius 2 is 1.92 bits per heavy atom. The lowest BCUT2D eigenvalue weighted by Gasteiger charge is -2.33. The van der Waals surface area contributed by atoms with Gasteiger partial charge in [-0.15, -0.1) is 0 Å². The van der Waals surface area contributed by atoms with Gasteiger partial charge in [-0.2, -0.15) is 0 Å². The zero-order valence-corrected chi connectivity index (χ0v) is 16.0. The van der Waals surface area contributed by atoms with Gasteiger partial charge in [-0.05, 0) is 23.3 Å². The maximum atomic E-state index is 12.2. The van der Waals surface area contributed by atoms with Crippen molar-refractivity contribution < 1.29 is 9.53 Å². The van der Waals surface area contributed by atoms with E-state index in [9.17, 15) is 4.79 Å². The number of hydrogen-bond donors (Lipinski definition) is 1. The molecule has 1 N–H and O–H groups in total. The molecule has 0 aliphatic carbocycles. The quantitative estimate of drug-likeness (QED) is 0.816. The molecule has 1 heterocycles. The van der Waals surface area contributed by atoms with Gasteiger partial charge < -0.3 is 10.1 Å². The molecule has 1 saturated heterocycles. The fourth-order valence-electron chi connectivity index (χ4n) is 3.01. The third kappa shape index (κ3) is 5.71. The smallest absolute Gasteiger partial charge is 0.224 e. The minimum Gasteiger partial charge on any atom is -0.374 e. The van der Waals surface area contributed by atoms with E-state index < -0.39 is 0 Å². The fraction of sp³-hybridized carbons (Fsp3) is 0.350. The summed E-state index contributed by atoms with van der Waals surface area (Å²) in [5.74, 6) is -0.0489. The molecule has 4 nitrogen and oxygen atoms in total. The summed E-state index contributed by atoms with van der Waals surface area (Å²) >= 11 is 11.9. The minimum absolute atomic E-state index is 0.00483. The van der Waals surface area contributed by atoms with E-state index in [1.165, 1.54) is 5.56 Å². The lowest BCUT2D eigenvalue weighted by molar-refractivity contribution is -0.121. The molecule has 0 spiro atoms. The van der Waals surface area contributed by atoms with Crippen LogP contribution in [0.2, 0.25) is 10.0 Å². The molecule has 1 fully saturated rings. The maximum absolute atomic E-state index is 12.2. The van der Waals surface area contributed by atoms with Gasteiger partial charge in [0.05, 0.1) is 29.2 Å². The fourth-order valence-corrected chi connectivity index (χ4v) is 3.33. The first-order valence-electron chi connectivity index (χ1n) is 8.68. The molecule has 1 aliphatic rings. The Balaban J connectivity index is 1.44. The predicted molar refractivity (Wildman–Crippen MR) is 105 cm³/mol. The zero-order chi connectivity index (χ0) is 18.4. The molecule has 0 saturated carbocycles. The van der Waals surface area contributed by atoms with E-state index in [0.29, 0.717) is 23.2 Å². The zero-order valence-electron chi connectivity index (χ0n) is 14.5. The second-order valence-corrected chi connectivity index (χ2v) is 7.26. The lowest BCUT2D eigenvalue weighted by Crippen LogP contribution is -2.47. The van der Waals surface area contributed by atoms with Crippen molar-refractivity contribution in [1.82, 2.24) is 10.2 Å². The van der Waals surface area contributed by atoms with Crippen LogP contribution in [0.3, 0.4) is 0 Å². The van der Waals surface area contributed by atoms with Crippen LogP contribution in [-0.4, -0.2) is 43.2 Å². The Labute approximate surface area is 164 Å². The Hall–Kier alpha value is -1.59. The second kappa shape index (κ2) is 9.38. The van der Waals surface area contributed by atoms with E-state index in [4.69, 9.17) is 27.9 Å². The number of hydrogen-bond acceptors (Lipinski definition) is 3. The number of morpholine rings is 1. The van der Waals surface area contributed by atoms with Gasteiger partial charge in [0.1, 0.15) is 0 Å². The van der Waals surface area contributed by atoms with E-state index in [1.807, 2.05) is 12.1 Å². The SMILES string of the molecule is O=C(Cc1ccc(Cl)c(Cl)c1)NC[C@@H]1CN(Cc2ccccc2)CCO1. The van der Waals surface area contributed by atoms with Crippen molar-refractivity contribution in [2.24, 2.45) is 0 Å². The average Bonchev–Trinajstić information content (AvgIpc) is 2.64. The monoisotopic (exact) mass is 392 g/mol. The van der Waals surface area contributed by atoms with Crippen LogP contribution in [0, 0.1) is 0 Å². The topological polar surface area (TPSA) is 41.6 Å². The van der Waals surface area contributed by atoms with Gasteiger partial charge in [-0.1, -0.05) is 59.6 Å². The van der Waals surface area contributed by atoms with Crippen LogP contribution in [0.1, 0.15) is 11.1 Å². The summed E-state index contributed by atoms with van der Waals surface area (Å²) in [5.41, 5.74) is 2.13. The molecular formula is C20H22Cl2N2O2. The summed E-state index contributed by atoms with van der Waals surface area (Å²) in [6.07, 6.45) is 0.280. The van der Waals surface area contributed by atoms with Crippen molar-refractivity contribution in [3.8, 4) is 0 Å². The minimum atomic E-state index is -0.0489. The number of nitrogens with zero attached hydrogens (tertiary/aromatic N) is 1. The number of carbonyl (C=O) groups excluding carboxylic acids is 1. The summed E-state index contributed by atoms with van der Waals surface area (Å²) in [4.78, 5) is 14.5. The molecule has 1 amide bonds. The van der Waals surface area contributed by atoms with Gasteiger partial charge in [-0.25, -0.2) is 0 Å². The first-order chi connectivity index (χ1) is 12.6. The van der Waals surface area contributed by atoms with Crippen LogP contribution in [-0.2, 0) is 22.5 Å². The van der Waals surface area contributed by atoms with Crippen molar-refractivity contribution in [2.45, 2.75) is 19.1 Å². The summed E-state index contributed by atoms with van der Waals surface area (Å²) in [6.45, 7) is 3.80. The Morgan fingerprint density at radius 1 is 1.12 bits per heavy atom. The molecule has 3 rings (SSSR count). The largest absolute Gasteiger partial charge is 0.374 e. The van der Waals surface area contributed by atoms with Crippen LogP contribution in [0.5, 0.6) is 0 Å². The Kier molecular flexibility index (Phi) is 6.92. The highest BCUT2D eigenvalue weighted by Crippen LogP contribution is 2.22. The van der Waals surface area contributed by atoms with Gasteiger partial charge in [0.25, 0.3) is 0 Å². The molecule has 1 aliphatic heterocycles. The summed E-state index contributed by atoms with van der Waals surface area (Å²) in [7, 11) is 0. The normalized spacial score (nSPS) is 17.8. The van der Waals surface area contributed by atoms with Gasteiger partial charge >= 0.3 is 0 Å². The van der Waals surface area contributed by atoms with Gasteiger partial charge in [0, 0.05) is 26.2 Å². The van der Waals surface area contributed by atoms with E-state index in [2.05, 4.69) is 34.5 Å². The van der Waals surface area contributed by atoms with Crippen molar-refractivity contribution in [3.63, 3.8) is 0 Å². The van der Waals surface area contributed by atoms with Crippen LogP contribution in [0.25, 0.3) is 0 Å². The molecule has 1 atom stereocenters. The lowest BCUT2D eigenvalue weighted by atomic mass is 10.1. The van der Waals surface area contributed by atoms with Crippen LogP contribution in [0.15, 0.2) is 48.5 Å². The van der Waals surface area contributed by atoms with Crippen molar-refractivity contribution in [2.75, 3.05) is 26.2 Å². The molecule has 0 bridgehead atoms. The number of nitrogens with one attached hydrogen (secondary N) is 1. The molecule has 6 heteroatoms. The number of rotatable bonds is 6. The van der Waals surface area contributed by atoms with Gasteiger partial charge in [0.2, 0.25) is 5.91 Å². The van der Waals surface area contributed by atoms with E-state index in [0.717, 1.165) is 25.2 Å². The van der Waals surface area contributed by atoms with Crippen LogP contribution >= 0.6 is 23.2 Å². The summed E-state index contributed by atoms with van der Waals surface area (Å²) < 4.78 is 5.79. The highest BCUT2D eigenvalue weighted by atomic mass is 35.5. The van der Waals surface area contributed by atoms with Crippen molar-refractivity contribution >= 4 is 29.1 Å². The van der Waals surface area contributed by atoms with Gasteiger partial charge in [-0.3, -0.25) is 9.69 Å². The molecule has 2 aromatic rings. The molecule has 0 unspecified atom stereocenters. The van der Waals surface area contributed by atoms with Crippen LogP contribution in [0.4, 0.5) is 0 Å². The molecule has 0 radical (unpaired) electrons. The van der Waals surface area contributed by atoms with E-state index in [1.54, 1.807) is 12.1 Å². The van der Waals surface area contributed by atoms with Crippen LogP contribution < -0.4 is 5.32 Å². The number of carbonyl (C=O) groups is 1. The molecular weight excluding hydrogens is 371 g/mol. The molecule has 26 heavy (non-hydrogen) atoms. The summed E-state index contributed by atoms with van der Waals surface area (Å²) in [5, 5.41) is 3.91. The number of halogens is 2. The third-order valence-corrected chi connectivity index (χ3v) is 5.09. The highest BCUT2D eigenvalue weighted by Gasteiger charge is 2.21. The Bertz CT molecular complexity index is 740. The van der Waals surface area contributed by atoms with Crippen molar-refractivity contribution in [3.05, 3.63) is 69.7 Å². The second-order valence-electron chi connectivity index (χ2n) is 6.44. The molecule has 138 valence electrons. The maximum Gasteiger partial charge on any atom is 0.224 e. The predicted octanol–water partition coefficient (Wildman–Crippen LogP) is 3.55. The summed E-state index contributed by atoms with van der Waals surface area (Å²) in [6, 6.07) is 15.6. The molecule has 0 aromatic heterocycles. The average molecular weight is 393 g/mol. The van der Waals surface area contributed by atoms with Crippen molar-refractivity contribution in [1.29, 1.82) is 0 Å². The van der Waals surface area contributed by atoms with E-state index in [-0.39, 0.29) is 18.4 Å². The van der Waals surface area contributed by atoms with Gasteiger partial charge in [0.15, 0.2) is 0 Å². The first-order valence-corrected chi connectivity index (χ1v) is 9.44. The highest BCUT2D eigenvalue weighted by molar-refractivity contribution is 6.42. The van der Waals surface area contributed by atoms with E-state index >= 15 is 0 Å². The first kappa shape index (κ1) is 19.2.